The summed E-state index contributed by atoms with van der Waals surface area (Å²) in [6.45, 7) is 2.19. The summed E-state index contributed by atoms with van der Waals surface area (Å²) in [5.41, 5.74) is 1.56. The molecule has 5 rings (SSSR count). The minimum atomic E-state index is -0.263. The van der Waals surface area contributed by atoms with E-state index in [0.29, 0.717) is 24.0 Å². The highest BCUT2D eigenvalue weighted by atomic mass is 19.1. The number of halogens is 1. The van der Waals surface area contributed by atoms with Crippen molar-refractivity contribution in [2.45, 2.75) is 50.6 Å². The minimum absolute atomic E-state index is 0.163. The van der Waals surface area contributed by atoms with Gasteiger partial charge in [0.15, 0.2) is 0 Å². The third-order valence-corrected chi connectivity index (χ3v) is 6.09. The maximum Gasteiger partial charge on any atom is 0.332 e. The van der Waals surface area contributed by atoms with E-state index in [2.05, 4.69) is 15.3 Å². The van der Waals surface area contributed by atoms with Crippen LogP contribution in [0.15, 0.2) is 30.5 Å². The zero-order valence-corrected chi connectivity index (χ0v) is 17.4. The van der Waals surface area contributed by atoms with Crippen LogP contribution in [0.3, 0.4) is 0 Å². The quantitative estimate of drug-likeness (QED) is 0.739. The fraction of sp³-hybridized carbons (Fsp3) is 0.500. The van der Waals surface area contributed by atoms with Gasteiger partial charge in [0.2, 0.25) is 0 Å². The number of aromatic nitrogens is 2. The van der Waals surface area contributed by atoms with E-state index in [0.717, 1.165) is 50.8 Å². The lowest BCUT2D eigenvalue weighted by Crippen LogP contribution is -2.58. The summed E-state index contributed by atoms with van der Waals surface area (Å²) < 4.78 is 14.5. The van der Waals surface area contributed by atoms with Crippen molar-refractivity contribution in [3.63, 3.8) is 0 Å². The van der Waals surface area contributed by atoms with Gasteiger partial charge < -0.3 is 15.3 Å². The van der Waals surface area contributed by atoms with Crippen molar-refractivity contribution >= 4 is 11.8 Å². The van der Waals surface area contributed by atoms with Crippen molar-refractivity contribution in [3.05, 3.63) is 47.4 Å². The molecule has 0 atom stereocenters. The van der Waals surface area contributed by atoms with E-state index in [1.807, 2.05) is 16.0 Å². The van der Waals surface area contributed by atoms with Gasteiger partial charge >= 0.3 is 12.0 Å². The minimum Gasteiger partial charge on any atom is -0.479 e. The number of hydrazine groups is 1. The monoisotopic (exact) mass is 426 g/mol. The molecule has 2 amide bonds. The van der Waals surface area contributed by atoms with E-state index in [4.69, 9.17) is 0 Å². The maximum absolute atomic E-state index is 14.5. The fourth-order valence-corrected chi connectivity index (χ4v) is 4.13. The number of benzene rings is 1. The van der Waals surface area contributed by atoms with Gasteiger partial charge in [-0.2, -0.15) is 9.99 Å². The normalized spacial score (nSPS) is 19.3. The molecule has 2 N–H and O–H groups in total. The first-order valence-corrected chi connectivity index (χ1v) is 11.0. The van der Waals surface area contributed by atoms with Crippen LogP contribution in [-0.2, 0) is 6.54 Å². The molecule has 9 heteroatoms. The van der Waals surface area contributed by atoms with Gasteiger partial charge in [-0.15, -0.1) is 0 Å². The Balaban J connectivity index is 1.24. The molecule has 2 heterocycles. The predicted molar refractivity (Wildman–Crippen MR) is 113 cm³/mol. The van der Waals surface area contributed by atoms with Gasteiger partial charge in [-0.05, 0) is 55.7 Å². The van der Waals surface area contributed by atoms with Crippen LogP contribution >= 0.6 is 0 Å². The first kappa shape index (κ1) is 20.0. The number of rotatable bonds is 6. The van der Waals surface area contributed by atoms with E-state index in [1.54, 1.807) is 23.2 Å². The summed E-state index contributed by atoms with van der Waals surface area (Å²) in [7, 11) is 0. The number of hydrogen-bond acceptors (Lipinski definition) is 6. The lowest BCUT2D eigenvalue weighted by atomic mass is 10.1. The molecule has 8 nitrogen and oxygen atoms in total. The summed E-state index contributed by atoms with van der Waals surface area (Å²) in [4.78, 5) is 22.9. The SMILES string of the molecule is O=C(NCc1ccc(C2CC2)cc1F)N(C1CC1)N1CCCN(c2ccnc(O)n2)C1. The number of amides is 2. The van der Waals surface area contributed by atoms with Gasteiger partial charge in [0.25, 0.3) is 0 Å². The summed E-state index contributed by atoms with van der Waals surface area (Å²) in [5, 5.41) is 16.3. The number of urea groups is 1. The van der Waals surface area contributed by atoms with Gasteiger partial charge in [-0.3, -0.25) is 5.01 Å². The Morgan fingerprint density at radius 1 is 1.23 bits per heavy atom. The van der Waals surface area contributed by atoms with E-state index < -0.39 is 0 Å². The number of anilines is 1. The second-order valence-corrected chi connectivity index (χ2v) is 8.56. The third kappa shape index (κ3) is 4.56. The van der Waals surface area contributed by atoms with Gasteiger partial charge in [-0.25, -0.2) is 14.2 Å². The lowest BCUT2D eigenvalue weighted by molar-refractivity contribution is -0.00461. The molecule has 0 bridgehead atoms. The second-order valence-electron chi connectivity index (χ2n) is 8.56. The van der Waals surface area contributed by atoms with Gasteiger partial charge in [0.05, 0.1) is 12.7 Å². The van der Waals surface area contributed by atoms with Crippen molar-refractivity contribution < 1.29 is 14.3 Å². The first-order chi connectivity index (χ1) is 15.1. The van der Waals surface area contributed by atoms with E-state index in [1.165, 1.54) is 6.20 Å². The van der Waals surface area contributed by atoms with Gasteiger partial charge in [-0.1, -0.05) is 12.1 Å². The molecule has 0 unspecified atom stereocenters. The molecule has 1 aliphatic heterocycles. The Morgan fingerprint density at radius 2 is 2.06 bits per heavy atom. The van der Waals surface area contributed by atoms with Crippen LogP contribution in [0.25, 0.3) is 0 Å². The van der Waals surface area contributed by atoms with Crippen molar-refractivity contribution in [3.8, 4) is 6.01 Å². The van der Waals surface area contributed by atoms with E-state index in [-0.39, 0.29) is 30.4 Å². The molecule has 31 heavy (non-hydrogen) atoms. The Bertz CT molecular complexity index is 965. The van der Waals surface area contributed by atoms with Crippen molar-refractivity contribution in [1.82, 2.24) is 25.3 Å². The molecule has 1 aromatic heterocycles. The molecule has 2 aromatic rings. The average molecular weight is 426 g/mol. The van der Waals surface area contributed by atoms with E-state index in [9.17, 15) is 14.3 Å². The van der Waals surface area contributed by atoms with Gasteiger partial charge in [0, 0.05) is 31.4 Å². The van der Waals surface area contributed by atoms with Crippen LogP contribution in [0.2, 0.25) is 0 Å². The molecule has 0 radical (unpaired) electrons. The number of nitrogens with zero attached hydrogens (tertiary/aromatic N) is 5. The number of carbonyl (C=O) groups is 1. The maximum atomic E-state index is 14.5. The molecule has 3 aliphatic rings. The molecule has 2 saturated carbocycles. The van der Waals surface area contributed by atoms with Crippen LogP contribution < -0.4 is 10.2 Å². The summed E-state index contributed by atoms with van der Waals surface area (Å²) in [5.74, 6) is 0.879. The van der Waals surface area contributed by atoms with Crippen LogP contribution in [0.4, 0.5) is 15.0 Å². The van der Waals surface area contributed by atoms with Crippen LogP contribution in [0, 0.1) is 5.82 Å². The van der Waals surface area contributed by atoms with Crippen molar-refractivity contribution in [2.24, 2.45) is 0 Å². The number of nitrogens with one attached hydrogen (secondary N) is 1. The lowest BCUT2D eigenvalue weighted by Gasteiger charge is -2.42. The smallest absolute Gasteiger partial charge is 0.332 e. The standard InChI is InChI=1S/C22H27FN6O2/c23-19-12-16(15-2-3-15)4-5-17(19)13-25-22(31)29(18-6-7-18)28-11-1-10-27(14-28)20-8-9-24-21(30)26-20/h4-5,8-9,12,15,18H,1-3,6-7,10-11,13-14H2,(H,25,31)(H,24,26,30). The predicted octanol–water partition coefficient (Wildman–Crippen LogP) is 2.96. The van der Waals surface area contributed by atoms with Gasteiger partial charge in [0.1, 0.15) is 11.6 Å². The Kier molecular flexibility index (Phi) is 5.35. The molecule has 1 aromatic carbocycles. The highest BCUT2D eigenvalue weighted by molar-refractivity contribution is 5.74. The van der Waals surface area contributed by atoms with E-state index >= 15 is 0 Å². The van der Waals surface area contributed by atoms with Crippen LogP contribution in [-0.4, -0.2) is 56.9 Å². The second kappa shape index (κ2) is 8.30. The van der Waals surface area contributed by atoms with Crippen LogP contribution in [0.1, 0.15) is 49.1 Å². The summed E-state index contributed by atoms with van der Waals surface area (Å²) in [6, 6.07) is 6.81. The highest BCUT2D eigenvalue weighted by Crippen LogP contribution is 2.40. The molecule has 1 saturated heterocycles. The molecular formula is C22H27FN6O2. The summed E-state index contributed by atoms with van der Waals surface area (Å²) >= 11 is 0. The Hall–Kier alpha value is -2.94. The zero-order chi connectivity index (χ0) is 21.4. The highest BCUT2D eigenvalue weighted by Gasteiger charge is 2.38. The Morgan fingerprint density at radius 3 is 2.77 bits per heavy atom. The Labute approximate surface area is 180 Å². The number of aromatic hydroxyl groups is 1. The fourth-order valence-electron chi connectivity index (χ4n) is 4.13. The van der Waals surface area contributed by atoms with Crippen molar-refractivity contribution in [1.29, 1.82) is 0 Å². The van der Waals surface area contributed by atoms with Crippen molar-refractivity contribution in [2.75, 3.05) is 24.7 Å². The summed E-state index contributed by atoms with van der Waals surface area (Å²) in [6.07, 6.45) is 6.57. The third-order valence-electron chi connectivity index (χ3n) is 6.09. The largest absolute Gasteiger partial charge is 0.479 e. The first-order valence-electron chi connectivity index (χ1n) is 11.0. The number of hydrogen-bond donors (Lipinski definition) is 2. The topological polar surface area (TPSA) is 84.8 Å². The average Bonchev–Trinajstić information content (AvgIpc) is 3.67. The molecule has 164 valence electrons. The zero-order valence-electron chi connectivity index (χ0n) is 17.4. The molecular weight excluding hydrogens is 399 g/mol. The molecule has 2 aliphatic carbocycles. The molecule has 0 spiro atoms. The molecule has 3 fully saturated rings. The number of carbonyl (C=O) groups excluding carboxylic acids is 1. The van der Waals surface area contributed by atoms with Crippen LogP contribution in [0.5, 0.6) is 6.01 Å².